The Hall–Kier alpha value is -0.514. The van der Waals surface area contributed by atoms with Crippen LogP contribution in [0.3, 0.4) is 0 Å². The second-order valence-electron chi connectivity index (χ2n) is 3.75. The molecule has 2 rings (SSSR count). The SMILES string of the molecule is CCN(Cc1ccccc1)c1[c-]cccc1.[Br-].[Mg+2]. The first-order chi connectivity index (χ1) is 7.90. The molecule has 0 atom stereocenters. The average molecular weight is 315 g/mol. The molecule has 0 aromatic heterocycles. The molecule has 0 aliphatic carbocycles. The van der Waals surface area contributed by atoms with E-state index < -0.39 is 0 Å². The van der Waals surface area contributed by atoms with Gasteiger partial charge in [-0.05, 0) is 12.5 Å². The minimum atomic E-state index is 0. The first kappa shape index (κ1) is 17.5. The van der Waals surface area contributed by atoms with Crippen LogP contribution in [0.5, 0.6) is 0 Å². The van der Waals surface area contributed by atoms with Gasteiger partial charge in [-0.2, -0.15) is 24.3 Å². The van der Waals surface area contributed by atoms with Crippen LogP contribution in [0.25, 0.3) is 0 Å². The Morgan fingerprint density at radius 3 is 2.22 bits per heavy atom. The zero-order chi connectivity index (χ0) is 11.2. The molecule has 0 aliphatic rings. The molecule has 3 heteroatoms. The Kier molecular flexibility index (Phi) is 9.15. The van der Waals surface area contributed by atoms with Crippen molar-refractivity contribution in [3.63, 3.8) is 0 Å². The molecule has 0 amide bonds. The third kappa shape index (κ3) is 5.00. The van der Waals surface area contributed by atoms with Crippen LogP contribution in [0.4, 0.5) is 5.69 Å². The summed E-state index contributed by atoms with van der Waals surface area (Å²) in [4.78, 5) is 2.31. The predicted octanol–water partition coefficient (Wildman–Crippen LogP) is 0.136. The van der Waals surface area contributed by atoms with Crippen LogP contribution >= 0.6 is 0 Å². The van der Waals surface area contributed by atoms with Crippen LogP contribution in [0.15, 0.2) is 54.6 Å². The van der Waals surface area contributed by atoms with E-state index in [4.69, 9.17) is 0 Å². The molecule has 0 spiro atoms. The van der Waals surface area contributed by atoms with Crippen LogP contribution in [-0.4, -0.2) is 29.6 Å². The van der Waals surface area contributed by atoms with E-state index in [2.05, 4.69) is 60.4 Å². The number of anilines is 1. The van der Waals surface area contributed by atoms with Crippen molar-refractivity contribution < 1.29 is 17.0 Å². The second kappa shape index (κ2) is 9.42. The van der Waals surface area contributed by atoms with E-state index in [0.717, 1.165) is 18.8 Å². The number of hydrogen-bond acceptors (Lipinski definition) is 1. The third-order valence-electron chi connectivity index (χ3n) is 2.63. The van der Waals surface area contributed by atoms with Gasteiger partial charge in [-0.25, -0.2) is 0 Å². The Balaban J connectivity index is 0.00000144. The van der Waals surface area contributed by atoms with E-state index in [9.17, 15) is 0 Å². The summed E-state index contributed by atoms with van der Waals surface area (Å²) in [5.41, 5.74) is 2.50. The van der Waals surface area contributed by atoms with Crippen molar-refractivity contribution >= 4 is 28.7 Å². The van der Waals surface area contributed by atoms with Gasteiger partial charge < -0.3 is 21.9 Å². The molecule has 0 saturated heterocycles. The van der Waals surface area contributed by atoms with Crippen molar-refractivity contribution in [3.8, 4) is 0 Å². The van der Waals surface area contributed by atoms with E-state index in [1.165, 1.54) is 5.56 Å². The third-order valence-corrected chi connectivity index (χ3v) is 2.63. The molecule has 2 aromatic rings. The van der Waals surface area contributed by atoms with Gasteiger partial charge in [0.1, 0.15) is 0 Å². The summed E-state index contributed by atoms with van der Waals surface area (Å²) in [6.07, 6.45) is 0. The van der Waals surface area contributed by atoms with Crippen molar-refractivity contribution in [1.29, 1.82) is 0 Å². The first-order valence-electron chi connectivity index (χ1n) is 5.65. The molecule has 0 unspecified atom stereocenters. The number of para-hydroxylation sites is 1. The second-order valence-corrected chi connectivity index (χ2v) is 3.75. The molecule has 90 valence electrons. The van der Waals surface area contributed by atoms with E-state index in [1.54, 1.807) is 0 Å². The normalized spacial score (nSPS) is 8.94. The van der Waals surface area contributed by atoms with Crippen LogP contribution in [0, 0.1) is 6.07 Å². The van der Waals surface area contributed by atoms with Crippen molar-refractivity contribution in [2.24, 2.45) is 0 Å². The molecule has 0 bridgehead atoms. The van der Waals surface area contributed by atoms with Gasteiger partial charge in [-0.15, -0.1) is 6.07 Å². The van der Waals surface area contributed by atoms with Gasteiger partial charge in [0, 0.05) is 13.1 Å². The van der Waals surface area contributed by atoms with Crippen molar-refractivity contribution in [2.75, 3.05) is 11.4 Å². The van der Waals surface area contributed by atoms with Crippen LogP contribution in [0.2, 0.25) is 0 Å². The fourth-order valence-electron chi connectivity index (χ4n) is 1.75. The number of halogens is 1. The van der Waals surface area contributed by atoms with Gasteiger partial charge in [-0.3, -0.25) is 0 Å². The fourth-order valence-corrected chi connectivity index (χ4v) is 1.75. The molecule has 2 aromatic carbocycles. The summed E-state index contributed by atoms with van der Waals surface area (Å²) in [5.74, 6) is 0. The predicted molar refractivity (Wildman–Crippen MR) is 74.2 cm³/mol. The number of rotatable bonds is 4. The Morgan fingerprint density at radius 2 is 1.67 bits per heavy atom. The molecule has 1 nitrogen and oxygen atoms in total. The molecule has 0 radical (unpaired) electrons. The van der Waals surface area contributed by atoms with Crippen molar-refractivity contribution in [3.05, 3.63) is 66.2 Å². The van der Waals surface area contributed by atoms with Crippen LogP contribution < -0.4 is 21.9 Å². The Labute approximate surface area is 136 Å². The molecule has 0 N–H and O–H groups in total. The maximum Gasteiger partial charge on any atom is 2.00 e. The molecule has 0 saturated carbocycles. The van der Waals surface area contributed by atoms with Gasteiger partial charge in [0.25, 0.3) is 0 Å². The summed E-state index contributed by atoms with van der Waals surface area (Å²) in [7, 11) is 0. The maximum absolute atomic E-state index is 3.27. The Bertz CT molecular complexity index is 419. The fraction of sp³-hybridized carbons (Fsp3) is 0.200. The molecular formula is C15H16BrMgN. The van der Waals surface area contributed by atoms with Gasteiger partial charge in [0.15, 0.2) is 0 Å². The average Bonchev–Trinajstić information content (AvgIpc) is 2.38. The number of hydrogen-bond donors (Lipinski definition) is 0. The van der Waals surface area contributed by atoms with Gasteiger partial charge in [0.05, 0.1) is 0 Å². The van der Waals surface area contributed by atoms with E-state index in [1.807, 2.05) is 12.1 Å². The summed E-state index contributed by atoms with van der Waals surface area (Å²) in [6.45, 7) is 4.11. The standard InChI is InChI=1S/C15H16N.BrH.Mg/c1-2-16(15-11-7-4-8-12-15)13-14-9-5-3-6-10-14;;/h3-11H,2,13H2,1H3;1H;/q-1;;+2/p-1. The topological polar surface area (TPSA) is 3.24 Å². The van der Waals surface area contributed by atoms with Gasteiger partial charge in [-0.1, -0.05) is 36.0 Å². The van der Waals surface area contributed by atoms with Crippen LogP contribution in [0.1, 0.15) is 12.5 Å². The molecule has 0 heterocycles. The first-order valence-corrected chi connectivity index (χ1v) is 5.65. The molecular weight excluding hydrogens is 298 g/mol. The zero-order valence-corrected chi connectivity index (χ0v) is 13.6. The molecule has 0 aliphatic heterocycles. The largest absolute Gasteiger partial charge is 2.00 e. The summed E-state index contributed by atoms with van der Waals surface area (Å²) in [6, 6.07) is 21.9. The summed E-state index contributed by atoms with van der Waals surface area (Å²) >= 11 is 0. The number of nitrogens with zero attached hydrogens (tertiary/aromatic N) is 1. The van der Waals surface area contributed by atoms with Crippen molar-refractivity contribution in [1.82, 2.24) is 0 Å². The van der Waals surface area contributed by atoms with Gasteiger partial charge >= 0.3 is 23.1 Å². The monoisotopic (exact) mass is 313 g/mol. The quantitative estimate of drug-likeness (QED) is 0.573. The molecule has 0 fully saturated rings. The zero-order valence-electron chi connectivity index (χ0n) is 10.6. The minimum Gasteiger partial charge on any atom is -1.00 e. The van der Waals surface area contributed by atoms with E-state index in [-0.39, 0.29) is 40.0 Å². The smallest absolute Gasteiger partial charge is 1.00 e. The summed E-state index contributed by atoms with van der Waals surface area (Å²) < 4.78 is 0. The van der Waals surface area contributed by atoms with Gasteiger partial charge in [0.2, 0.25) is 0 Å². The molecule has 18 heavy (non-hydrogen) atoms. The summed E-state index contributed by atoms with van der Waals surface area (Å²) in [5, 5.41) is 0. The van der Waals surface area contributed by atoms with E-state index >= 15 is 0 Å². The van der Waals surface area contributed by atoms with E-state index in [0.29, 0.717) is 0 Å². The van der Waals surface area contributed by atoms with Crippen LogP contribution in [-0.2, 0) is 6.54 Å². The minimum absolute atomic E-state index is 0. The Morgan fingerprint density at radius 1 is 1.00 bits per heavy atom. The number of benzene rings is 2. The maximum atomic E-state index is 3.27. The van der Waals surface area contributed by atoms with Crippen molar-refractivity contribution in [2.45, 2.75) is 13.5 Å².